The molecule has 1 atom stereocenters. The Morgan fingerprint density at radius 2 is 2.15 bits per heavy atom. The zero-order valence-electron chi connectivity index (χ0n) is 12.5. The Labute approximate surface area is 120 Å². The van der Waals surface area contributed by atoms with Crippen LogP contribution in [0.2, 0.25) is 0 Å². The molecule has 112 valence electrons. The Kier molecular flexibility index (Phi) is 5.52. The molecule has 1 aliphatic heterocycles. The monoisotopic (exact) mass is 279 g/mol. The maximum Gasteiger partial charge on any atom is 0.247 e. The van der Waals surface area contributed by atoms with E-state index in [9.17, 15) is 4.79 Å². The molecule has 0 aromatic carbocycles. The average Bonchev–Trinajstić information content (AvgIpc) is 2.96. The van der Waals surface area contributed by atoms with Crippen LogP contribution in [-0.2, 0) is 11.3 Å². The Hall–Kier alpha value is -1.43. The van der Waals surface area contributed by atoms with Gasteiger partial charge in [0.15, 0.2) is 0 Å². The van der Waals surface area contributed by atoms with E-state index in [0.717, 1.165) is 44.6 Å². The normalized spacial score (nSPS) is 17.2. The fourth-order valence-corrected chi connectivity index (χ4v) is 2.47. The first-order valence-corrected chi connectivity index (χ1v) is 7.62. The number of hydrogen-bond donors (Lipinski definition) is 1. The van der Waals surface area contributed by atoms with Crippen LogP contribution in [0.4, 0.5) is 0 Å². The van der Waals surface area contributed by atoms with E-state index in [1.807, 2.05) is 18.0 Å². The molecule has 6 heteroatoms. The van der Waals surface area contributed by atoms with E-state index in [-0.39, 0.29) is 11.9 Å². The lowest BCUT2D eigenvalue weighted by atomic mass is 10.1. The maximum absolute atomic E-state index is 12.4. The third-order valence-electron chi connectivity index (χ3n) is 3.71. The van der Waals surface area contributed by atoms with Gasteiger partial charge in [-0.15, -0.1) is 5.10 Å². The number of carbonyl (C=O) groups excluding carboxylic acids is 1. The summed E-state index contributed by atoms with van der Waals surface area (Å²) in [5, 5.41) is 11.5. The molecule has 1 aliphatic rings. The third kappa shape index (κ3) is 3.79. The van der Waals surface area contributed by atoms with Gasteiger partial charge in [-0.25, -0.2) is 4.68 Å². The van der Waals surface area contributed by atoms with Gasteiger partial charge in [0.1, 0.15) is 6.04 Å². The van der Waals surface area contributed by atoms with Crippen molar-refractivity contribution < 1.29 is 4.79 Å². The van der Waals surface area contributed by atoms with Crippen LogP contribution >= 0.6 is 0 Å². The van der Waals surface area contributed by atoms with E-state index in [2.05, 4.69) is 22.6 Å². The summed E-state index contributed by atoms with van der Waals surface area (Å²) < 4.78 is 1.68. The zero-order valence-corrected chi connectivity index (χ0v) is 12.5. The quantitative estimate of drug-likeness (QED) is 0.798. The Bertz CT molecular complexity index is 425. The van der Waals surface area contributed by atoms with Gasteiger partial charge in [-0.1, -0.05) is 12.1 Å². The van der Waals surface area contributed by atoms with Gasteiger partial charge in [0.2, 0.25) is 5.91 Å². The summed E-state index contributed by atoms with van der Waals surface area (Å²) in [5.74, 6) is 0.155. The van der Waals surface area contributed by atoms with Gasteiger partial charge in [0.25, 0.3) is 0 Å². The van der Waals surface area contributed by atoms with E-state index < -0.39 is 0 Å². The predicted octanol–water partition coefficient (Wildman–Crippen LogP) is 1.35. The second-order valence-electron chi connectivity index (χ2n) is 5.43. The summed E-state index contributed by atoms with van der Waals surface area (Å²) in [6, 6.07) is -0.263. The van der Waals surface area contributed by atoms with Crippen molar-refractivity contribution in [2.45, 2.75) is 52.1 Å². The number of rotatable bonds is 6. The topological polar surface area (TPSA) is 63.1 Å². The third-order valence-corrected chi connectivity index (χ3v) is 3.71. The molecule has 1 aromatic rings. The number of piperidine rings is 1. The predicted molar refractivity (Wildman–Crippen MR) is 77.2 cm³/mol. The number of nitrogens with one attached hydrogen (secondary N) is 1. The van der Waals surface area contributed by atoms with Crippen molar-refractivity contribution in [2.75, 3.05) is 19.6 Å². The van der Waals surface area contributed by atoms with E-state index in [1.165, 1.54) is 6.42 Å². The summed E-state index contributed by atoms with van der Waals surface area (Å²) in [6.07, 6.45) is 6.42. The highest BCUT2D eigenvalue weighted by molar-refractivity contribution is 5.80. The van der Waals surface area contributed by atoms with Crippen LogP contribution in [0.1, 0.15) is 51.3 Å². The number of likely N-dealkylation sites (tertiary alicyclic amines) is 1. The molecule has 0 spiro atoms. The van der Waals surface area contributed by atoms with Crippen LogP contribution in [0, 0.1) is 0 Å². The molecule has 2 heterocycles. The summed E-state index contributed by atoms with van der Waals surface area (Å²) in [6.45, 7) is 7.46. The van der Waals surface area contributed by atoms with Crippen LogP contribution in [-0.4, -0.2) is 45.4 Å². The van der Waals surface area contributed by atoms with Crippen molar-refractivity contribution in [3.05, 3.63) is 11.9 Å². The van der Waals surface area contributed by atoms with Crippen LogP contribution in [0.15, 0.2) is 6.20 Å². The van der Waals surface area contributed by atoms with Crippen LogP contribution in [0.3, 0.4) is 0 Å². The van der Waals surface area contributed by atoms with E-state index >= 15 is 0 Å². The second-order valence-corrected chi connectivity index (χ2v) is 5.43. The van der Waals surface area contributed by atoms with Crippen molar-refractivity contribution in [3.63, 3.8) is 0 Å². The molecule has 0 aliphatic carbocycles. The molecule has 0 radical (unpaired) electrons. The molecule has 2 rings (SSSR count). The minimum Gasteiger partial charge on any atom is -0.341 e. The van der Waals surface area contributed by atoms with Gasteiger partial charge >= 0.3 is 0 Å². The van der Waals surface area contributed by atoms with Gasteiger partial charge in [-0.05, 0) is 39.2 Å². The fraction of sp³-hybridized carbons (Fsp3) is 0.786. The van der Waals surface area contributed by atoms with Gasteiger partial charge in [0, 0.05) is 19.6 Å². The number of aromatic nitrogens is 3. The number of hydrogen-bond acceptors (Lipinski definition) is 4. The number of carbonyl (C=O) groups is 1. The Balaban J connectivity index is 1.90. The minimum absolute atomic E-state index is 0.155. The van der Waals surface area contributed by atoms with Gasteiger partial charge < -0.3 is 10.2 Å². The summed E-state index contributed by atoms with van der Waals surface area (Å²) in [4.78, 5) is 14.3. The molecular formula is C14H25N5O. The maximum atomic E-state index is 12.4. The van der Waals surface area contributed by atoms with E-state index in [4.69, 9.17) is 0 Å². The summed E-state index contributed by atoms with van der Waals surface area (Å²) in [5.41, 5.74) is 0.886. The second kappa shape index (κ2) is 7.38. The standard InChI is InChI=1S/C14H25N5O/c1-3-7-15-10-13-11-19(17-16-13)12(2)14(20)18-8-5-4-6-9-18/h11-12,15H,3-10H2,1-2H3. The molecule has 1 fully saturated rings. The van der Waals surface area contributed by atoms with E-state index in [1.54, 1.807) is 4.68 Å². The molecule has 20 heavy (non-hydrogen) atoms. The molecule has 0 saturated carbocycles. The first-order valence-electron chi connectivity index (χ1n) is 7.62. The van der Waals surface area contributed by atoms with Crippen molar-refractivity contribution in [1.82, 2.24) is 25.2 Å². The highest BCUT2D eigenvalue weighted by atomic mass is 16.2. The SMILES string of the molecule is CCCNCc1cn(C(C)C(=O)N2CCCCC2)nn1. The summed E-state index contributed by atoms with van der Waals surface area (Å²) >= 11 is 0. The Morgan fingerprint density at radius 1 is 1.40 bits per heavy atom. The molecule has 1 aromatic heterocycles. The first kappa shape index (κ1) is 15.0. The van der Waals surface area contributed by atoms with Crippen LogP contribution in [0.25, 0.3) is 0 Å². The Morgan fingerprint density at radius 3 is 2.85 bits per heavy atom. The van der Waals surface area contributed by atoms with Crippen molar-refractivity contribution in [1.29, 1.82) is 0 Å². The lowest BCUT2D eigenvalue weighted by Crippen LogP contribution is -2.39. The summed E-state index contributed by atoms with van der Waals surface area (Å²) in [7, 11) is 0. The van der Waals surface area contributed by atoms with Gasteiger partial charge in [0.05, 0.1) is 11.9 Å². The molecule has 1 saturated heterocycles. The van der Waals surface area contributed by atoms with Crippen LogP contribution < -0.4 is 5.32 Å². The minimum atomic E-state index is -0.263. The molecule has 1 N–H and O–H groups in total. The van der Waals surface area contributed by atoms with Crippen molar-refractivity contribution >= 4 is 5.91 Å². The van der Waals surface area contributed by atoms with Crippen molar-refractivity contribution in [2.24, 2.45) is 0 Å². The fourth-order valence-electron chi connectivity index (χ4n) is 2.47. The highest BCUT2D eigenvalue weighted by Gasteiger charge is 2.24. The molecule has 1 unspecified atom stereocenters. The van der Waals surface area contributed by atoms with Gasteiger partial charge in [-0.3, -0.25) is 4.79 Å². The highest BCUT2D eigenvalue weighted by Crippen LogP contribution is 2.15. The van der Waals surface area contributed by atoms with E-state index in [0.29, 0.717) is 6.54 Å². The van der Waals surface area contributed by atoms with Crippen LogP contribution in [0.5, 0.6) is 0 Å². The zero-order chi connectivity index (χ0) is 14.4. The molecular weight excluding hydrogens is 254 g/mol. The van der Waals surface area contributed by atoms with Gasteiger partial charge in [-0.2, -0.15) is 0 Å². The molecule has 0 bridgehead atoms. The number of amides is 1. The molecule has 1 amide bonds. The smallest absolute Gasteiger partial charge is 0.247 e. The lowest BCUT2D eigenvalue weighted by molar-refractivity contribution is -0.135. The largest absolute Gasteiger partial charge is 0.341 e. The van der Waals surface area contributed by atoms with Crippen molar-refractivity contribution in [3.8, 4) is 0 Å². The first-order chi connectivity index (χ1) is 9.72. The average molecular weight is 279 g/mol. The number of nitrogens with zero attached hydrogens (tertiary/aromatic N) is 4. The molecule has 6 nitrogen and oxygen atoms in total. The lowest BCUT2D eigenvalue weighted by Gasteiger charge is -2.29.